The van der Waals surface area contributed by atoms with Crippen LogP contribution in [0.2, 0.25) is 0 Å². The van der Waals surface area contributed by atoms with Crippen LogP contribution < -0.4 is 4.74 Å². The molecule has 1 saturated heterocycles. The summed E-state index contributed by atoms with van der Waals surface area (Å²) < 4.78 is 13.4. The standard InChI is InChI=1S/C25H28N2O4/c1-2-3-21(13-25(28)29)20-5-7-23(8-6-20)31-17-18-4-9-24-22(12-18)15-27(26-24)14-19-10-11-30-16-19/h2-9,12,15,19,21H,10-11,13-14,16-17H2,1H3,(H,28,29)/t19?,21-/m1/s1. The van der Waals surface area contributed by atoms with Crippen molar-refractivity contribution in [2.45, 2.75) is 38.8 Å². The van der Waals surface area contributed by atoms with E-state index in [4.69, 9.17) is 14.6 Å². The number of fused-ring (bicyclic) bond motifs is 1. The molecule has 3 aromatic rings. The van der Waals surface area contributed by atoms with Gasteiger partial charge in [0, 0.05) is 36.6 Å². The van der Waals surface area contributed by atoms with Gasteiger partial charge >= 0.3 is 5.97 Å². The molecular formula is C25H28N2O4. The molecule has 2 aromatic carbocycles. The third-order valence-corrected chi connectivity index (χ3v) is 5.62. The van der Waals surface area contributed by atoms with E-state index in [-0.39, 0.29) is 12.3 Å². The molecule has 2 atom stereocenters. The highest BCUT2D eigenvalue weighted by molar-refractivity contribution is 5.78. The van der Waals surface area contributed by atoms with Crippen LogP contribution in [-0.4, -0.2) is 34.1 Å². The van der Waals surface area contributed by atoms with Gasteiger partial charge in [-0.15, -0.1) is 0 Å². The Morgan fingerprint density at radius 1 is 1.32 bits per heavy atom. The maximum atomic E-state index is 11.1. The number of ether oxygens (including phenoxy) is 2. The fraction of sp³-hybridized carbons (Fsp3) is 0.360. The minimum Gasteiger partial charge on any atom is -0.489 e. The molecule has 1 aliphatic rings. The van der Waals surface area contributed by atoms with Crippen LogP contribution in [0, 0.1) is 5.92 Å². The Labute approximate surface area is 182 Å². The first kappa shape index (κ1) is 21.1. The van der Waals surface area contributed by atoms with Gasteiger partial charge in [0.15, 0.2) is 0 Å². The van der Waals surface area contributed by atoms with Gasteiger partial charge in [-0.05, 0) is 48.7 Å². The SMILES string of the molecule is CC=C[C@H](CC(=O)O)c1ccc(OCc2ccc3nn(CC4CCOC4)cc3c2)cc1. The smallest absolute Gasteiger partial charge is 0.304 e. The molecule has 1 aromatic heterocycles. The van der Waals surface area contributed by atoms with Crippen molar-refractivity contribution in [1.82, 2.24) is 9.78 Å². The molecule has 162 valence electrons. The first-order valence-electron chi connectivity index (χ1n) is 10.7. The number of rotatable bonds is 9. The van der Waals surface area contributed by atoms with Gasteiger partial charge in [-0.3, -0.25) is 9.48 Å². The van der Waals surface area contributed by atoms with Crippen molar-refractivity contribution in [1.29, 1.82) is 0 Å². The fourth-order valence-corrected chi connectivity index (χ4v) is 4.00. The summed E-state index contributed by atoms with van der Waals surface area (Å²) in [4.78, 5) is 11.1. The summed E-state index contributed by atoms with van der Waals surface area (Å²) in [7, 11) is 0. The highest BCUT2D eigenvalue weighted by Gasteiger charge is 2.17. The van der Waals surface area contributed by atoms with Crippen molar-refractivity contribution in [2.24, 2.45) is 5.92 Å². The number of aromatic nitrogens is 2. The first-order chi connectivity index (χ1) is 15.1. The van der Waals surface area contributed by atoms with Gasteiger partial charge in [-0.2, -0.15) is 5.10 Å². The average Bonchev–Trinajstić information content (AvgIpc) is 3.41. The summed E-state index contributed by atoms with van der Waals surface area (Å²) >= 11 is 0. The molecule has 0 aliphatic carbocycles. The molecule has 1 fully saturated rings. The lowest BCUT2D eigenvalue weighted by Crippen LogP contribution is -2.10. The maximum Gasteiger partial charge on any atom is 0.304 e. The van der Waals surface area contributed by atoms with Gasteiger partial charge < -0.3 is 14.6 Å². The number of carboxylic acid groups (broad SMARTS) is 1. The number of hydrogen-bond donors (Lipinski definition) is 1. The molecule has 1 N–H and O–H groups in total. The number of allylic oxidation sites excluding steroid dienone is 2. The second-order valence-electron chi connectivity index (χ2n) is 8.06. The first-order valence-corrected chi connectivity index (χ1v) is 10.7. The van der Waals surface area contributed by atoms with Crippen molar-refractivity contribution < 1.29 is 19.4 Å². The number of hydrogen-bond acceptors (Lipinski definition) is 4. The lowest BCUT2D eigenvalue weighted by molar-refractivity contribution is -0.137. The van der Waals surface area contributed by atoms with Crippen LogP contribution in [0.15, 0.2) is 60.8 Å². The Kier molecular flexibility index (Phi) is 6.67. The van der Waals surface area contributed by atoms with E-state index in [2.05, 4.69) is 17.4 Å². The number of carbonyl (C=O) groups is 1. The van der Waals surface area contributed by atoms with Gasteiger partial charge in [0.05, 0.1) is 18.5 Å². The van der Waals surface area contributed by atoms with Crippen molar-refractivity contribution >= 4 is 16.9 Å². The van der Waals surface area contributed by atoms with Crippen molar-refractivity contribution in [3.05, 3.63) is 71.9 Å². The lowest BCUT2D eigenvalue weighted by atomic mass is 9.95. The van der Waals surface area contributed by atoms with E-state index in [1.54, 1.807) is 0 Å². The molecule has 1 aliphatic heterocycles. The number of nitrogens with zero attached hydrogens (tertiary/aromatic N) is 2. The Morgan fingerprint density at radius 3 is 2.87 bits per heavy atom. The largest absolute Gasteiger partial charge is 0.489 e. The Morgan fingerprint density at radius 2 is 2.16 bits per heavy atom. The van der Waals surface area contributed by atoms with Crippen LogP contribution in [0.1, 0.15) is 36.8 Å². The molecule has 0 spiro atoms. The number of benzene rings is 2. The van der Waals surface area contributed by atoms with Crippen LogP contribution in [0.5, 0.6) is 5.75 Å². The van der Waals surface area contributed by atoms with Crippen molar-refractivity contribution in [3.8, 4) is 5.75 Å². The Hall–Kier alpha value is -3.12. The normalized spacial score (nSPS) is 17.4. The molecule has 31 heavy (non-hydrogen) atoms. The quantitative estimate of drug-likeness (QED) is 0.504. The van der Waals surface area contributed by atoms with Crippen LogP contribution in [0.25, 0.3) is 10.9 Å². The zero-order valence-electron chi connectivity index (χ0n) is 17.7. The predicted molar refractivity (Wildman–Crippen MR) is 119 cm³/mol. The van der Waals surface area contributed by atoms with E-state index < -0.39 is 5.97 Å². The lowest BCUT2D eigenvalue weighted by Gasteiger charge is -2.12. The van der Waals surface area contributed by atoms with Gasteiger partial charge in [0.1, 0.15) is 12.4 Å². The molecule has 0 bridgehead atoms. The number of aliphatic carboxylic acids is 1. The van der Waals surface area contributed by atoms with Crippen molar-refractivity contribution in [3.63, 3.8) is 0 Å². The molecule has 6 nitrogen and oxygen atoms in total. The van der Waals surface area contributed by atoms with Gasteiger partial charge in [0.25, 0.3) is 0 Å². The highest BCUT2D eigenvalue weighted by atomic mass is 16.5. The van der Waals surface area contributed by atoms with E-state index in [0.717, 1.165) is 54.0 Å². The van der Waals surface area contributed by atoms with Crippen LogP contribution in [0.3, 0.4) is 0 Å². The van der Waals surface area contributed by atoms with Crippen LogP contribution in [-0.2, 0) is 22.7 Å². The zero-order chi connectivity index (χ0) is 21.6. The Bertz CT molecular complexity index is 1050. The van der Waals surface area contributed by atoms with E-state index >= 15 is 0 Å². The second-order valence-corrected chi connectivity index (χ2v) is 8.06. The molecule has 2 heterocycles. The van der Waals surface area contributed by atoms with E-state index in [1.165, 1.54) is 0 Å². The van der Waals surface area contributed by atoms with Crippen molar-refractivity contribution in [2.75, 3.05) is 13.2 Å². The topological polar surface area (TPSA) is 73.6 Å². The summed E-state index contributed by atoms with van der Waals surface area (Å²) in [5, 5.41) is 14.9. The van der Waals surface area contributed by atoms with E-state index in [0.29, 0.717) is 12.5 Å². The molecule has 4 rings (SSSR count). The molecular weight excluding hydrogens is 392 g/mol. The van der Waals surface area contributed by atoms with Crippen LogP contribution in [0.4, 0.5) is 0 Å². The summed E-state index contributed by atoms with van der Waals surface area (Å²) in [6.07, 6.45) is 7.07. The van der Waals surface area contributed by atoms with Gasteiger partial charge in [0.2, 0.25) is 0 Å². The van der Waals surface area contributed by atoms with Gasteiger partial charge in [-0.1, -0.05) is 30.4 Å². The Balaban J connectivity index is 1.38. The molecule has 0 radical (unpaired) electrons. The van der Waals surface area contributed by atoms with E-state index in [9.17, 15) is 4.79 Å². The fourth-order valence-electron chi connectivity index (χ4n) is 4.00. The third kappa shape index (κ3) is 5.52. The predicted octanol–water partition coefficient (Wildman–Crippen LogP) is 4.79. The summed E-state index contributed by atoms with van der Waals surface area (Å²) in [5.41, 5.74) is 3.04. The summed E-state index contributed by atoms with van der Waals surface area (Å²) in [5.74, 6) is 0.364. The molecule has 0 saturated carbocycles. The minimum atomic E-state index is -0.807. The zero-order valence-corrected chi connectivity index (χ0v) is 17.7. The highest BCUT2D eigenvalue weighted by Crippen LogP contribution is 2.25. The monoisotopic (exact) mass is 420 g/mol. The van der Waals surface area contributed by atoms with Crippen LogP contribution >= 0.6 is 0 Å². The molecule has 1 unspecified atom stereocenters. The third-order valence-electron chi connectivity index (χ3n) is 5.62. The average molecular weight is 421 g/mol. The number of carboxylic acids is 1. The van der Waals surface area contributed by atoms with Gasteiger partial charge in [-0.25, -0.2) is 0 Å². The maximum absolute atomic E-state index is 11.1. The summed E-state index contributed by atoms with van der Waals surface area (Å²) in [6, 6.07) is 13.9. The van der Waals surface area contributed by atoms with E-state index in [1.807, 2.05) is 60.2 Å². The molecule has 0 amide bonds. The second kappa shape index (κ2) is 9.79. The molecule has 6 heteroatoms. The summed E-state index contributed by atoms with van der Waals surface area (Å²) in [6.45, 7) is 4.92. The minimum absolute atomic E-state index is 0.0754.